The van der Waals surface area contributed by atoms with Gasteiger partial charge in [-0.1, -0.05) is 0 Å². The highest BCUT2D eigenvalue weighted by Crippen LogP contribution is 2.22. The average molecular weight is 387 g/mol. The number of fused-ring (bicyclic) bond motifs is 1. The molecule has 0 spiro atoms. The molecule has 3 heterocycles. The summed E-state index contributed by atoms with van der Waals surface area (Å²) in [5.41, 5.74) is 1.57. The molecule has 29 heavy (non-hydrogen) atoms. The second kappa shape index (κ2) is 8.15. The largest absolute Gasteiger partial charge is 0.369 e. The topological polar surface area (TPSA) is 136 Å². The molecule has 144 valence electrons. The van der Waals surface area contributed by atoms with Gasteiger partial charge in [0, 0.05) is 37.9 Å². The third-order valence-corrected chi connectivity index (χ3v) is 3.85. The third kappa shape index (κ3) is 4.17. The highest BCUT2D eigenvalue weighted by atomic mass is 16.1. The van der Waals surface area contributed by atoms with E-state index >= 15 is 0 Å². The van der Waals surface area contributed by atoms with Gasteiger partial charge >= 0.3 is 0 Å². The molecule has 1 atom stereocenters. The van der Waals surface area contributed by atoms with Crippen LogP contribution in [0.2, 0.25) is 0 Å². The zero-order chi connectivity index (χ0) is 21.0. The molecule has 1 N–H and O–H groups in total. The van der Waals surface area contributed by atoms with Crippen molar-refractivity contribution < 1.29 is 4.79 Å². The van der Waals surface area contributed by atoms with Gasteiger partial charge in [0.1, 0.15) is 12.1 Å². The van der Waals surface area contributed by atoms with Crippen LogP contribution in [0, 0.1) is 22.7 Å². The first-order valence-corrected chi connectivity index (χ1v) is 8.58. The second-order valence-electron chi connectivity index (χ2n) is 6.40. The number of amides is 1. The predicted molar refractivity (Wildman–Crippen MR) is 107 cm³/mol. The molecule has 0 aliphatic carbocycles. The lowest BCUT2D eigenvalue weighted by Crippen LogP contribution is -2.17. The van der Waals surface area contributed by atoms with Crippen molar-refractivity contribution >= 4 is 29.0 Å². The lowest BCUT2D eigenvalue weighted by molar-refractivity contribution is 0.100. The molecule has 0 aromatic carbocycles. The molecule has 10 heteroatoms. The number of hydrogen-bond acceptors (Lipinski definition) is 7. The Bertz CT molecular complexity index is 1180. The van der Waals surface area contributed by atoms with Gasteiger partial charge < -0.3 is 10.2 Å². The van der Waals surface area contributed by atoms with Crippen molar-refractivity contribution in [3.63, 3.8) is 0 Å². The van der Waals surface area contributed by atoms with E-state index in [1.807, 2.05) is 6.07 Å². The van der Waals surface area contributed by atoms with Gasteiger partial charge in [-0.25, -0.2) is 9.97 Å². The summed E-state index contributed by atoms with van der Waals surface area (Å²) >= 11 is 0. The minimum absolute atomic E-state index is 0.227. The molecular formula is C19H17N9O. The van der Waals surface area contributed by atoms with E-state index < -0.39 is 11.9 Å². The van der Waals surface area contributed by atoms with Crippen LogP contribution in [0.5, 0.6) is 0 Å². The quantitative estimate of drug-likeness (QED) is 0.516. The van der Waals surface area contributed by atoms with Crippen LogP contribution in [0.15, 0.2) is 35.7 Å². The van der Waals surface area contributed by atoms with E-state index in [-0.39, 0.29) is 5.56 Å². The van der Waals surface area contributed by atoms with Gasteiger partial charge in [0.2, 0.25) is 0 Å². The summed E-state index contributed by atoms with van der Waals surface area (Å²) in [6.45, 7) is 1.67. The lowest BCUT2D eigenvalue weighted by Gasteiger charge is -2.13. The first kappa shape index (κ1) is 19.5. The first-order chi connectivity index (χ1) is 13.9. The third-order valence-electron chi connectivity index (χ3n) is 3.85. The normalized spacial score (nSPS) is 11.8. The average Bonchev–Trinajstić information content (AvgIpc) is 3.14. The Labute approximate surface area is 166 Å². The Hall–Kier alpha value is -4.31. The van der Waals surface area contributed by atoms with E-state index in [1.165, 1.54) is 23.4 Å². The Morgan fingerprint density at radius 1 is 1.28 bits per heavy atom. The van der Waals surface area contributed by atoms with Gasteiger partial charge in [0.15, 0.2) is 11.5 Å². The molecule has 0 aliphatic heterocycles. The number of aliphatic imine (C=N–C) groups is 1. The first-order valence-electron chi connectivity index (χ1n) is 8.58. The zero-order valence-electron chi connectivity index (χ0n) is 16.0. The molecule has 3 rings (SSSR count). The maximum atomic E-state index is 12.5. The summed E-state index contributed by atoms with van der Waals surface area (Å²) in [5, 5.41) is 26.1. The number of carbonyl (C=O) groups is 1. The molecule has 3 aromatic rings. The molecule has 0 fully saturated rings. The highest BCUT2D eigenvalue weighted by molar-refractivity contribution is 6.03. The summed E-state index contributed by atoms with van der Waals surface area (Å²) in [6.07, 6.45) is 5.81. The van der Waals surface area contributed by atoms with Gasteiger partial charge in [-0.2, -0.15) is 25.3 Å². The molecule has 1 unspecified atom stereocenters. The fraction of sp³-hybridized carbons (Fsp3) is 0.211. The molecule has 0 aliphatic rings. The molecule has 10 nitrogen and oxygen atoms in total. The Balaban J connectivity index is 2.07. The minimum Gasteiger partial charge on any atom is -0.369 e. The van der Waals surface area contributed by atoms with E-state index in [2.05, 4.69) is 31.4 Å². The molecule has 0 bridgehead atoms. The highest BCUT2D eigenvalue weighted by Gasteiger charge is 2.16. The van der Waals surface area contributed by atoms with Crippen LogP contribution >= 0.6 is 0 Å². The summed E-state index contributed by atoms with van der Waals surface area (Å²) in [4.78, 5) is 26.6. The van der Waals surface area contributed by atoms with Crippen molar-refractivity contribution in [3.05, 3.63) is 41.9 Å². The number of aromatic nitrogens is 4. The Kier molecular flexibility index (Phi) is 5.47. The number of pyridine rings is 2. The van der Waals surface area contributed by atoms with Crippen molar-refractivity contribution in [2.45, 2.75) is 13.0 Å². The van der Waals surface area contributed by atoms with Crippen molar-refractivity contribution in [2.24, 2.45) is 4.99 Å². The van der Waals surface area contributed by atoms with Crippen molar-refractivity contribution in [2.75, 3.05) is 19.4 Å². The van der Waals surface area contributed by atoms with Gasteiger partial charge in [-0.3, -0.25) is 4.79 Å². The number of anilines is 1. The van der Waals surface area contributed by atoms with Gasteiger partial charge in [-0.05, 0) is 13.0 Å². The summed E-state index contributed by atoms with van der Waals surface area (Å²) < 4.78 is 1.50. The minimum atomic E-state index is -0.541. The smallest absolute Gasteiger partial charge is 0.282 e. The van der Waals surface area contributed by atoms with Crippen LogP contribution in [0.25, 0.3) is 16.9 Å². The molecule has 1 amide bonds. The van der Waals surface area contributed by atoms with Crippen LogP contribution in [0.1, 0.15) is 22.8 Å². The van der Waals surface area contributed by atoms with E-state index in [9.17, 15) is 4.79 Å². The van der Waals surface area contributed by atoms with E-state index in [4.69, 9.17) is 10.5 Å². The van der Waals surface area contributed by atoms with Crippen molar-refractivity contribution in [1.82, 2.24) is 24.6 Å². The number of hydrogen-bond donors (Lipinski definition) is 1. The van der Waals surface area contributed by atoms with Crippen LogP contribution in [-0.2, 0) is 0 Å². The summed E-state index contributed by atoms with van der Waals surface area (Å²) in [7, 11) is 3.51. The van der Waals surface area contributed by atoms with Gasteiger partial charge in [0.05, 0.1) is 35.4 Å². The standard InChI is InChI=1S/C19H17N9O/c1-12(6-20)26-16-5-17(22-10-15(16)19(29)24-11-27(2)3)28-18-14(9-25-28)4-13(7-21)8-23-18/h4-5,8-12H,1-3H3,(H,22,26). The molecular weight excluding hydrogens is 370 g/mol. The Morgan fingerprint density at radius 2 is 2.07 bits per heavy atom. The van der Waals surface area contributed by atoms with Crippen LogP contribution in [0.4, 0.5) is 5.69 Å². The number of rotatable bonds is 5. The SMILES string of the molecule is CC(C#N)Nc1cc(-n2ncc3cc(C#N)cnc32)ncc1C(=O)N=CN(C)C. The summed E-state index contributed by atoms with van der Waals surface area (Å²) in [6, 6.07) is 6.85. The zero-order valence-corrected chi connectivity index (χ0v) is 16.0. The fourth-order valence-electron chi connectivity index (χ4n) is 2.50. The van der Waals surface area contributed by atoms with Crippen LogP contribution < -0.4 is 5.32 Å². The van der Waals surface area contributed by atoms with Gasteiger partial charge in [0.25, 0.3) is 5.91 Å². The Morgan fingerprint density at radius 3 is 2.76 bits per heavy atom. The van der Waals surface area contributed by atoms with E-state index in [0.29, 0.717) is 28.1 Å². The monoisotopic (exact) mass is 387 g/mol. The maximum Gasteiger partial charge on any atom is 0.282 e. The maximum absolute atomic E-state index is 12.5. The summed E-state index contributed by atoms with van der Waals surface area (Å²) in [5.74, 6) is -0.0921. The van der Waals surface area contributed by atoms with Crippen LogP contribution in [0.3, 0.4) is 0 Å². The fourth-order valence-corrected chi connectivity index (χ4v) is 2.50. The molecule has 3 aromatic heterocycles. The second-order valence-corrected chi connectivity index (χ2v) is 6.40. The number of nitriles is 2. The van der Waals surface area contributed by atoms with E-state index in [0.717, 1.165) is 0 Å². The van der Waals surface area contributed by atoms with Gasteiger partial charge in [-0.15, -0.1) is 0 Å². The molecule has 0 saturated heterocycles. The number of nitrogens with one attached hydrogen (secondary N) is 1. The van der Waals surface area contributed by atoms with Crippen molar-refractivity contribution in [3.8, 4) is 18.0 Å². The van der Waals surface area contributed by atoms with Crippen LogP contribution in [-0.4, -0.2) is 57.0 Å². The number of carbonyl (C=O) groups excluding carboxylic acids is 1. The van der Waals surface area contributed by atoms with E-state index in [1.54, 1.807) is 44.2 Å². The predicted octanol–water partition coefficient (Wildman–Crippen LogP) is 1.74. The molecule has 0 saturated carbocycles. The molecule has 0 radical (unpaired) electrons. The lowest BCUT2D eigenvalue weighted by atomic mass is 10.2. The van der Waals surface area contributed by atoms with Crippen molar-refractivity contribution in [1.29, 1.82) is 10.5 Å². The number of nitrogens with zero attached hydrogens (tertiary/aromatic N) is 8.